The second kappa shape index (κ2) is 8.36. The third-order valence-corrected chi connectivity index (χ3v) is 6.75. The standard InChI is InChI=1S/C25H24F6/c1-2-3-4-14-5-8-17-15(11-14)6-9-18-19(17)13-22(27)23(24(18)28)16-7-10-20(21(26)12-16)25(29,30)31/h3-4,7,10,12-15,17H,2,5-6,8-9,11H2,1H3. The number of hydrogen-bond donors (Lipinski definition) is 0. The lowest BCUT2D eigenvalue weighted by Crippen LogP contribution is -2.28. The van der Waals surface area contributed by atoms with Crippen LogP contribution in [0.3, 0.4) is 0 Å². The Morgan fingerprint density at radius 2 is 1.77 bits per heavy atom. The molecule has 0 heterocycles. The van der Waals surface area contributed by atoms with E-state index in [0.29, 0.717) is 41.5 Å². The Labute approximate surface area is 178 Å². The Hall–Kier alpha value is -2.24. The Bertz CT molecular complexity index is 1000. The van der Waals surface area contributed by atoms with Crippen LogP contribution in [0, 0.1) is 29.3 Å². The van der Waals surface area contributed by atoms with E-state index in [9.17, 15) is 22.0 Å². The number of halogens is 6. The number of benzene rings is 2. The highest BCUT2D eigenvalue weighted by Gasteiger charge is 2.38. The van der Waals surface area contributed by atoms with Gasteiger partial charge in [-0.1, -0.05) is 25.1 Å². The van der Waals surface area contributed by atoms with Crippen molar-refractivity contribution in [1.82, 2.24) is 0 Å². The minimum absolute atomic E-state index is 0.0809. The summed E-state index contributed by atoms with van der Waals surface area (Å²) in [5, 5.41) is 0. The molecule has 2 aromatic rings. The zero-order valence-electron chi connectivity index (χ0n) is 17.2. The van der Waals surface area contributed by atoms with Crippen molar-refractivity contribution < 1.29 is 26.3 Å². The van der Waals surface area contributed by atoms with Gasteiger partial charge < -0.3 is 0 Å². The van der Waals surface area contributed by atoms with Gasteiger partial charge in [-0.25, -0.2) is 13.2 Å². The number of hydrogen-bond acceptors (Lipinski definition) is 0. The molecule has 1 fully saturated rings. The van der Waals surface area contributed by atoms with Gasteiger partial charge in [0, 0.05) is 0 Å². The van der Waals surface area contributed by atoms with Gasteiger partial charge in [-0.2, -0.15) is 13.2 Å². The molecule has 6 heteroatoms. The van der Waals surface area contributed by atoms with Gasteiger partial charge in [-0.3, -0.25) is 0 Å². The van der Waals surface area contributed by atoms with Gasteiger partial charge in [0.1, 0.15) is 17.5 Å². The molecule has 0 saturated heterocycles. The molecule has 2 aliphatic carbocycles. The van der Waals surface area contributed by atoms with Crippen LogP contribution in [-0.4, -0.2) is 0 Å². The lowest BCUT2D eigenvalue weighted by molar-refractivity contribution is -0.139. The Morgan fingerprint density at radius 1 is 1.00 bits per heavy atom. The molecule has 0 radical (unpaired) electrons. The first-order valence-electron chi connectivity index (χ1n) is 10.7. The molecule has 0 aromatic heterocycles. The zero-order valence-corrected chi connectivity index (χ0v) is 17.2. The Balaban J connectivity index is 1.69. The second-order valence-corrected chi connectivity index (χ2v) is 8.62. The SMILES string of the molecule is CCC=CC1CCC2c3cc(F)c(-c4ccc(C(F)(F)F)c(F)c4)c(F)c3CCC2C1. The fourth-order valence-corrected chi connectivity index (χ4v) is 5.29. The summed E-state index contributed by atoms with van der Waals surface area (Å²) in [5.41, 5.74) is -1.05. The molecule has 0 N–H and O–H groups in total. The summed E-state index contributed by atoms with van der Waals surface area (Å²) in [6.45, 7) is 2.09. The lowest BCUT2D eigenvalue weighted by Gasteiger charge is -2.40. The van der Waals surface area contributed by atoms with Gasteiger partial charge >= 0.3 is 6.18 Å². The van der Waals surface area contributed by atoms with Crippen LogP contribution < -0.4 is 0 Å². The number of fused-ring (bicyclic) bond motifs is 3. The van der Waals surface area contributed by atoms with E-state index in [-0.39, 0.29) is 11.5 Å². The fourth-order valence-electron chi connectivity index (χ4n) is 5.29. The van der Waals surface area contributed by atoms with Crippen LogP contribution in [0.2, 0.25) is 0 Å². The van der Waals surface area contributed by atoms with E-state index in [2.05, 4.69) is 19.1 Å². The van der Waals surface area contributed by atoms with Crippen molar-refractivity contribution in [3.05, 3.63) is 70.6 Å². The highest BCUT2D eigenvalue weighted by molar-refractivity contribution is 5.68. The number of rotatable bonds is 3. The van der Waals surface area contributed by atoms with Crippen LogP contribution in [0.4, 0.5) is 26.3 Å². The minimum atomic E-state index is -4.87. The van der Waals surface area contributed by atoms with Crippen molar-refractivity contribution in [3.63, 3.8) is 0 Å². The van der Waals surface area contributed by atoms with E-state index >= 15 is 4.39 Å². The molecule has 2 aliphatic rings. The van der Waals surface area contributed by atoms with E-state index in [1.807, 2.05) is 0 Å². The molecular formula is C25H24F6. The molecule has 4 rings (SSSR count). The third kappa shape index (κ3) is 4.13. The largest absolute Gasteiger partial charge is 0.419 e. The van der Waals surface area contributed by atoms with Crippen LogP contribution in [0.1, 0.15) is 61.6 Å². The average Bonchev–Trinajstić information content (AvgIpc) is 2.71. The molecule has 0 aliphatic heterocycles. The maximum absolute atomic E-state index is 15.4. The van der Waals surface area contributed by atoms with E-state index in [0.717, 1.165) is 38.2 Å². The molecular weight excluding hydrogens is 414 g/mol. The number of allylic oxidation sites excluding steroid dienone is 2. The summed E-state index contributed by atoms with van der Waals surface area (Å²) >= 11 is 0. The van der Waals surface area contributed by atoms with E-state index in [1.54, 1.807) is 0 Å². The first kappa shape index (κ1) is 22.0. The van der Waals surface area contributed by atoms with E-state index in [1.165, 1.54) is 6.07 Å². The van der Waals surface area contributed by atoms with Crippen molar-refractivity contribution >= 4 is 0 Å². The van der Waals surface area contributed by atoms with Crippen LogP contribution in [0.15, 0.2) is 36.4 Å². The third-order valence-electron chi connectivity index (χ3n) is 6.75. The van der Waals surface area contributed by atoms with E-state index < -0.39 is 34.8 Å². The van der Waals surface area contributed by atoms with Gasteiger partial charge in [0.15, 0.2) is 0 Å². The van der Waals surface area contributed by atoms with Gasteiger partial charge in [0.2, 0.25) is 0 Å². The minimum Gasteiger partial charge on any atom is -0.206 e. The molecule has 31 heavy (non-hydrogen) atoms. The summed E-state index contributed by atoms with van der Waals surface area (Å²) in [7, 11) is 0. The maximum atomic E-state index is 15.4. The Kier molecular flexibility index (Phi) is 5.93. The molecule has 166 valence electrons. The quantitative estimate of drug-likeness (QED) is 0.335. The molecule has 1 saturated carbocycles. The van der Waals surface area contributed by atoms with Crippen molar-refractivity contribution in [1.29, 1.82) is 0 Å². The fraction of sp³-hybridized carbons (Fsp3) is 0.440. The summed E-state index contributed by atoms with van der Waals surface area (Å²) in [5.74, 6) is -2.24. The van der Waals surface area contributed by atoms with Crippen molar-refractivity contribution in [3.8, 4) is 11.1 Å². The summed E-state index contributed by atoms with van der Waals surface area (Å²) in [6.07, 6.45) is 4.57. The van der Waals surface area contributed by atoms with Crippen LogP contribution in [0.25, 0.3) is 11.1 Å². The molecule has 3 atom stereocenters. The second-order valence-electron chi connectivity index (χ2n) is 8.62. The first-order chi connectivity index (χ1) is 14.7. The van der Waals surface area contributed by atoms with Crippen LogP contribution >= 0.6 is 0 Å². The van der Waals surface area contributed by atoms with Crippen LogP contribution in [-0.2, 0) is 12.6 Å². The summed E-state index contributed by atoms with van der Waals surface area (Å²) < 4.78 is 82.9. The number of alkyl halides is 3. The van der Waals surface area contributed by atoms with Gasteiger partial charge in [-0.15, -0.1) is 0 Å². The average molecular weight is 438 g/mol. The predicted molar refractivity (Wildman–Crippen MR) is 108 cm³/mol. The molecule has 0 nitrogen and oxygen atoms in total. The normalized spacial score (nSPS) is 23.6. The molecule has 3 unspecified atom stereocenters. The van der Waals surface area contributed by atoms with Gasteiger partial charge in [0.05, 0.1) is 11.1 Å². The highest BCUT2D eigenvalue weighted by Crippen LogP contribution is 2.49. The Morgan fingerprint density at radius 3 is 2.45 bits per heavy atom. The molecule has 0 spiro atoms. The molecule has 0 amide bonds. The zero-order chi connectivity index (χ0) is 22.3. The monoisotopic (exact) mass is 438 g/mol. The maximum Gasteiger partial charge on any atom is 0.419 e. The van der Waals surface area contributed by atoms with Gasteiger partial charge in [0.25, 0.3) is 0 Å². The highest BCUT2D eigenvalue weighted by atomic mass is 19.4. The molecule has 0 bridgehead atoms. The van der Waals surface area contributed by atoms with E-state index in [4.69, 9.17) is 0 Å². The van der Waals surface area contributed by atoms with Gasteiger partial charge in [-0.05, 0) is 91.2 Å². The van der Waals surface area contributed by atoms with Crippen molar-refractivity contribution in [2.75, 3.05) is 0 Å². The molecule has 2 aromatic carbocycles. The first-order valence-corrected chi connectivity index (χ1v) is 10.7. The summed E-state index contributed by atoms with van der Waals surface area (Å²) in [6, 6.07) is 3.34. The summed E-state index contributed by atoms with van der Waals surface area (Å²) in [4.78, 5) is 0. The predicted octanol–water partition coefficient (Wildman–Crippen LogP) is 8.20. The topological polar surface area (TPSA) is 0 Å². The smallest absolute Gasteiger partial charge is 0.206 e. The van der Waals surface area contributed by atoms with Crippen molar-refractivity contribution in [2.45, 2.75) is 57.5 Å². The van der Waals surface area contributed by atoms with Crippen LogP contribution in [0.5, 0.6) is 0 Å². The lowest BCUT2D eigenvalue weighted by atomic mass is 9.65. The van der Waals surface area contributed by atoms with Crippen molar-refractivity contribution in [2.24, 2.45) is 11.8 Å².